The number of ether oxygens (including phenoxy) is 2. The highest BCUT2D eigenvalue weighted by atomic mass is 16.5. The van der Waals surface area contributed by atoms with Crippen molar-refractivity contribution in [2.24, 2.45) is 7.05 Å². The topological polar surface area (TPSA) is 99.4 Å². The van der Waals surface area contributed by atoms with Crippen molar-refractivity contribution < 1.29 is 19.1 Å². The van der Waals surface area contributed by atoms with E-state index in [-0.39, 0.29) is 40.7 Å². The van der Waals surface area contributed by atoms with Gasteiger partial charge in [-0.1, -0.05) is 40.7 Å². The summed E-state index contributed by atoms with van der Waals surface area (Å²) in [6.07, 6.45) is 6.44. The molecule has 47 heavy (non-hydrogen) atoms. The summed E-state index contributed by atoms with van der Waals surface area (Å²) in [4.78, 5) is 25.6. The molecule has 4 heterocycles. The number of carbonyl (C=O) groups excluding carboxylic acids is 2. The summed E-state index contributed by atoms with van der Waals surface area (Å²) in [7, 11) is 5.40. The molecule has 9 heteroatoms. The molecule has 2 atom stereocenters. The fraction of sp³-hybridized carbons (Fsp3) is 0.553. The summed E-state index contributed by atoms with van der Waals surface area (Å²) in [5.41, 5.74) is 6.69. The molecule has 2 amide bonds. The van der Waals surface area contributed by atoms with Crippen molar-refractivity contribution in [2.45, 2.75) is 95.6 Å². The van der Waals surface area contributed by atoms with Gasteiger partial charge in [0, 0.05) is 68.9 Å². The van der Waals surface area contributed by atoms with E-state index in [0.29, 0.717) is 17.7 Å². The second-order valence-electron chi connectivity index (χ2n) is 15.2. The Balaban J connectivity index is 1.36. The molecule has 9 nitrogen and oxygen atoms in total. The van der Waals surface area contributed by atoms with Gasteiger partial charge in [0.1, 0.15) is 0 Å². The molecule has 2 aromatic heterocycles. The average Bonchev–Trinajstić information content (AvgIpc) is 3.61. The van der Waals surface area contributed by atoms with Gasteiger partial charge in [-0.15, -0.1) is 0 Å². The predicted octanol–water partition coefficient (Wildman–Crippen LogP) is 6.53. The summed E-state index contributed by atoms with van der Waals surface area (Å²) in [6, 6.07) is 10.8. The second kappa shape index (κ2) is 12.7. The van der Waals surface area contributed by atoms with E-state index >= 15 is 0 Å². The van der Waals surface area contributed by atoms with E-state index in [1.807, 2.05) is 25.4 Å². The van der Waals surface area contributed by atoms with Gasteiger partial charge in [0.15, 0.2) is 0 Å². The van der Waals surface area contributed by atoms with Gasteiger partial charge in [-0.05, 0) is 78.8 Å². The standard InChI is InChI=1S/C38H51N5O4/c1-37(2,3)25-19-28(33-29(20-25)31(22-42(33)8)36(45)40-7)23-11-16-47-27(17-23)21-38(4,5)34-30-18-24(35(44)39-6)9-10-32(30)43(41-34)26-12-14-46-15-13-26/h9-10,18-20,22-23,26-27H,11-17,21H2,1-8H3,(H,39,44)(H,40,45). The minimum absolute atomic E-state index is 0.0289. The molecule has 2 unspecified atom stereocenters. The third-order valence-electron chi connectivity index (χ3n) is 10.4. The molecule has 0 spiro atoms. The van der Waals surface area contributed by atoms with Crippen LogP contribution in [0.5, 0.6) is 0 Å². The summed E-state index contributed by atoms with van der Waals surface area (Å²) in [5, 5.41) is 12.9. The number of benzene rings is 2. The van der Waals surface area contributed by atoms with Crippen LogP contribution in [0.4, 0.5) is 0 Å². The van der Waals surface area contributed by atoms with Gasteiger partial charge in [0.05, 0.1) is 34.4 Å². The van der Waals surface area contributed by atoms with Crippen LogP contribution in [0, 0.1) is 0 Å². The van der Waals surface area contributed by atoms with Crippen LogP contribution in [-0.4, -0.2) is 66.2 Å². The second-order valence-corrected chi connectivity index (χ2v) is 15.2. The van der Waals surface area contributed by atoms with E-state index in [2.05, 4.69) is 72.7 Å². The molecule has 252 valence electrons. The fourth-order valence-electron chi connectivity index (χ4n) is 7.75. The number of aryl methyl sites for hydroxylation is 1. The molecule has 2 aliphatic rings. The van der Waals surface area contributed by atoms with E-state index in [9.17, 15) is 9.59 Å². The monoisotopic (exact) mass is 641 g/mol. The Hall–Kier alpha value is -3.69. The maximum absolute atomic E-state index is 12.9. The number of carbonyl (C=O) groups is 2. The molecule has 6 rings (SSSR count). The van der Waals surface area contributed by atoms with Gasteiger partial charge in [-0.25, -0.2) is 0 Å². The Kier molecular flexibility index (Phi) is 9.00. The van der Waals surface area contributed by atoms with Crippen LogP contribution in [-0.2, 0) is 27.4 Å². The van der Waals surface area contributed by atoms with E-state index < -0.39 is 0 Å². The largest absolute Gasteiger partial charge is 0.381 e. The lowest BCUT2D eigenvalue weighted by molar-refractivity contribution is -0.00884. The van der Waals surface area contributed by atoms with Crippen LogP contribution in [0.3, 0.4) is 0 Å². The van der Waals surface area contributed by atoms with Crippen molar-refractivity contribution >= 4 is 33.6 Å². The van der Waals surface area contributed by atoms with E-state index in [1.54, 1.807) is 14.1 Å². The Morgan fingerprint density at radius 3 is 2.34 bits per heavy atom. The molecule has 0 saturated carbocycles. The lowest BCUT2D eigenvalue weighted by atomic mass is 9.76. The normalized spacial score (nSPS) is 19.7. The van der Waals surface area contributed by atoms with Gasteiger partial charge in [-0.3, -0.25) is 14.3 Å². The van der Waals surface area contributed by atoms with E-state index in [4.69, 9.17) is 14.6 Å². The molecule has 0 aliphatic carbocycles. The number of nitrogens with zero attached hydrogens (tertiary/aromatic N) is 3. The minimum Gasteiger partial charge on any atom is -0.381 e. The summed E-state index contributed by atoms with van der Waals surface area (Å²) in [6.45, 7) is 13.3. The molecule has 2 aliphatic heterocycles. The molecule has 0 bridgehead atoms. The zero-order valence-electron chi connectivity index (χ0n) is 29.3. The maximum atomic E-state index is 12.9. The Morgan fingerprint density at radius 2 is 1.66 bits per heavy atom. The number of amides is 2. The third-order valence-corrected chi connectivity index (χ3v) is 10.4. The van der Waals surface area contributed by atoms with Crippen LogP contribution in [0.15, 0.2) is 36.5 Å². The number of fused-ring (bicyclic) bond motifs is 2. The minimum atomic E-state index is -0.317. The van der Waals surface area contributed by atoms with Gasteiger partial charge >= 0.3 is 0 Å². The number of hydrogen-bond donors (Lipinski definition) is 2. The number of aromatic nitrogens is 3. The van der Waals surface area contributed by atoms with Crippen LogP contribution in [0.25, 0.3) is 21.8 Å². The molecular formula is C38H51N5O4. The van der Waals surface area contributed by atoms with Crippen LogP contribution >= 0.6 is 0 Å². The molecule has 0 radical (unpaired) electrons. The number of nitrogens with one attached hydrogen (secondary N) is 2. The first-order chi connectivity index (χ1) is 22.3. The molecule has 4 aromatic rings. The van der Waals surface area contributed by atoms with E-state index in [1.165, 1.54) is 11.1 Å². The lowest BCUT2D eigenvalue weighted by Gasteiger charge is -2.35. The van der Waals surface area contributed by atoms with Gasteiger partial charge in [0.25, 0.3) is 11.8 Å². The van der Waals surface area contributed by atoms with Crippen LogP contribution in [0.1, 0.15) is 116 Å². The third kappa shape index (κ3) is 6.32. The van der Waals surface area contributed by atoms with Crippen molar-refractivity contribution in [1.29, 1.82) is 0 Å². The summed E-state index contributed by atoms with van der Waals surface area (Å²) >= 11 is 0. The summed E-state index contributed by atoms with van der Waals surface area (Å²) < 4.78 is 16.5. The summed E-state index contributed by atoms with van der Waals surface area (Å²) in [5.74, 6) is 0.125. The van der Waals surface area contributed by atoms with E-state index in [0.717, 1.165) is 72.8 Å². The molecule has 2 aromatic carbocycles. The Morgan fingerprint density at radius 1 is 0.936 bits per heavy atom. The van der Waals surface area contributed by atoms with Crippen molar-refractivity contribution in [2.75, 3.05) is 33.9 Å². The predicted molar refractivity (Wildman–Crippen MR) is 187 cm³/mol. The lowest BCUT2D eigenvalue weighted by Crippen LogP contribution is -2.32. The van der Waals surface area contributed by atoms with Crippen LogP contribution < -0.4 is 10.6 Å². The molecular weight excluding hydrogens is 590 g/mol. The zero-order chi connectivity index (χ0) is 33.7. The number of hydrogen-bond acceptors (Lipinski definition) is 5. The van der Waals surface area contributed by atoms with Crippen LogP contribution in [0.2, 0.25) is 0 Å². The first-order valence-corrected chi connectivity index (χ1v) is 17.1. The highest BCUT2D eigenvalue weighted by molar-refractivity contribution is 6.08. The van der Waals surface area contributed by atoms with Gasteiger partial charge in [0.2, 0.25) is 0 Å². The van der Waals surface area contributed by atoms with Crippen molar-refractivity contribution in [3.8, 4) is 0 Å². The highest BCUT2D eigenvalue weighted by Crippen LogP contribution is 2.43. The smallest absolute Gasteiger partial charge is 0.253 e. The molecule has 2 fully saturated rings. The quantitative estimate of drug-likeness (QED) is 0.239. The van der Waals surface area contributed by atoms with Crippen molar-refractivity contribution in [3.63, 3.8) is 0 Å². The Bertz CT molecular complexity index is 1800. The molecule has 2 saturated heterocycles. The van der Waals surface area contributed by atoms with Gasteiger partial charge in [-0.2, -0.15) is 5.10 Å². The average molecular weight is 642 g/mol. The fourth-order valence-corrected chi connectivity index (χ4v) is 7.75. The van der Waals surface area contributed by atoms with Gasteiger partial charge < -0.3 is 24.7 Å². The zero-order valence-corrected chi connectivity index (χ0v) is 29.3. The van der Waals surface area contributed by atoms with Crippen molar-refractivity contribution in [1.82, 2.24) is 25.0 Å². The first kappa shape index (κ1) is 33.2. The highest BCUT2D eigenvalue weighted by Gasteiger charge is 2.36. The SMILES string of the molecule is CNC(=O)c1ccc2c(c1)c(C(C)(C)CC1CC(c3cc(C(C)(C)C)cc4c(C(=O)NC)cn(C)c34)CCO1)nn2C1CCOCC1. The Labute approximate surface area is 278 Å². The van der Waals surface area contributed by atoms with Crippen molar-refractivity contribution in [3.05, 3.63) is 64.5 Å². The number of rotatable bonds is 7. The first-order valence-electron chi connectivity index (χ1n) is 17.1. The maximum Gasteiger partial charge on any atom is 0.253 e. The molecule has 2 N–H and O–H groups in total.